The maximum absolute atomic E-state index is 12.6. The van der Waals surface area contributed by atoms with Crippen LogP contribution in [-0.4, -0.2) is 41.0 Å². The number of hydrogen-bond acceptors (Lipinski definition) is 7. The lowest BCUT2D eigenvalue weighted by Gasteiger charge is -2.07. The van der Waals surface area contributed by atoms with Crippen LogP contribution in [0.2, 0.25) is 0 Å². The van der Waals surface area contributed by atoms with Gasteiger partial charge >= 0.3 is 0 Å². The number of H-pyrrole nitrogens is 2. The van der Waals surface area contributed by atoms with E-state index >= 15 is 0 Å². The van der Waals surface area contributed by atoms with E-state index in [1.165, 1.54) is 0 Å². The van der Waals surface area contributed by atoms with E-state index in [1.807, 2.05) is 66.0 Å². The molecule has 0 saturated carbocycles. The molecule has 0 bridgehead atoms. The molecule has 0 spiro atoms. The average molecular weight is 529 g/mol. The second kappa shape index (κ2) is 9.58. The number of thiophene rings is 1. The summed E-state index contributed by atoms with van der Waals surface area (Å²) in [6, 6.07) is 19.2. The highest BCUT2D eigenvalue weighted by Gasteiger charge is 2.18. The molecule has 0 aliphatic heterocycles. The Bertz CT molecular complexity index is 1940. The van der Waals surface area contributed by atoms with E-state index in [-0.39, 0.29) is 12.3 Å². The maximum Gasteiger partial charge on any atom is 0.228 e. The maximum atomic E-state index is 12.6. The quantitative estimate of drug-likeness (QED) is 0.248. The number of amides is 1. The van der Waals surface area contributed by atoms with Gasteiger partial charge in [0.2, 0.25) is 5.91 Å². The first kappa shape index (κ1) is 22.9. The van der Waals surface area contributed by atoms with Gasteiger partial charge in [-0.05, 0) is 41.3 Å². The molecule has 0 aliphatic rings. The summed E-state index contributed by atoms with van der Waals surface area (Å²) in [7, 11) is 0. The number of aromatic amines is 2. The number of nitrogens with zero attached hydrogens (tertiary/aromatic N) is 5. The number of pyridine rings is 3. The Morgan fingerprint density at radius 3 is 2.67 bits per heavy atom. The van der Waals surface area contributed by atoms with Crippen LogP contribution in [-0.2, 0) is 11.2 Å². The standard InChI is InChI=1S/C29H20N8OS/c38-24(12-17-4-2-1-3-5-17)32-20-13-19(14-30-15-20)21-6-7-23-27(33-21)28(37-36-23)29-34-22-8-10-31-25(26(22)35-29)18-9-11-39-16-18/h1-11,13-16H,12H2,(H,32,38)(H,34,35)(H,36,37). The summed E-state index contributed by atoms with van der Waals surface area (Å²) in [6.07, 6.45) is 5.41. The minimum atomic E-state index is -0.109. The molecular formula is C29H20N8OS. The van der Waals surface area contributed by atoms with Crippen LogP contribution in [0.4, 0.5) is 5.69 Å². The predicted molar refractivity (Wildman–Crippen MR) is 152 cm³/mol. The number of anilines is 1. The van der Waals surface area contributed by atoms with Crippen molar-refractivity contribution in [3.8, 4) is 34.0 Å². The first-order valence-corrected chi connectivity index (χ1v) is 13.2. The van der Waals surface area contributed by atoms with E-state index in [2.05, 4.69) is 35.8 Å². The molecule has 39 heavy (non-hydrogen) atoms. The lowest BCUT2D eigenvalue weighted by atomic mass is 10.1. The van der Waals surface area contributed by atoms with Crippen molar-refractivity contribution in [1.82, 2.24) is 35.1 Å². The van der Waals surface area contributed by atoms with Gasteiger partial charge in [0.1, 0.15) is 11.0 Å². The topological polar surface area (TPSA) is 125 Å². The van der Waals surface area contributed by atoms with Crippen LogP contribution in [0.3, 0.4) is 0 Å². The van der Waals surface area contributed by atoms with Crippen LogP contribution < -0.4 is 5.32 Å². The molecule has 0 saturated heterocycles. The SMILES string of the molecule is O=C(Cc1ccccc1)Nc1cncc(-c2ccc3[nH]nc(-c4nc5c(-c6ccsc6)nccc5[nH]4)c3n2)c1. The molecule has 1 aromatic carbocycles. The number of carbonyl (C=O) groups is 1. The molecule has 9 nitrogen and oxygen atoms in total. The van der Waals surface area contributed by atoms with Crippen molar-refractivity contribution in [3.63, 3.8) is 0 Å². The van der Waals surface area contributed by atoms with E-state index in [9.17, 15) is 4.79 Å². The molecule has 6 aromatic heterocycles. The van der Waals surface area contributed by atoms with Gasteiger partial charge in [-0.1, -0.05) is 30.3 Å². The lowest BCUT2D eigenvalue weighted by molar-refractivity contribution is -0.115. The van der Waals surface area contributed by atoms with E-state index < -0.39 is 0 Å². The van der Waals surface area contributed by atoms with Gasteiger partial charge in [0.05, 0.1) is 40.7 Å². The Hall–Kier alpha value is -5.22. The number of fused-ring (bicyclic) bond motifs is 2. The highest BCUT2D eigenvalue weighted by Crippen LogP contribution is 2.31. The second-order valence-electron chi connectivity index (χ2n) is 8.99. The van der Waals surface area contributed by atoms with E-state index in [4.69, 9.17) is 9.97 Å². The van der Waals surface area contributed by atoms with Crippen LogP contribution in [0.1, 0.15) is 5.56 Å². The number of hydrogen-bond donors (Lipinski definition) is 3. The van der Waals surface area contributed by atoms with Crippen LogP contribution in [0.25, 0.3) is 56.1 Å². The molecule has 7 rings (SSSR count). The zero-order chi connectivity index (χ0) is 26.2. The Morgan fingerprint density at radius 1 is 0.897 bits per heavy atom. The summed E-state index contributed by atoms with van der Waals surface area (Å²) >= 11 is 1.62. The van der Waals surface area contributed by atoms with Crippen LogP contribution in [0, 0.1) is 0 Å². The normalized spacial score (nSPS) is 11.3. The highest BCUT2D eigenvalue weighted by molar-refractivity contribution is 7.08. The molecule has 0 radical (unpaired) electrons. The van der Waals surface area contributed by atoms with Gasteiger partial charge in [-0.2, -0.15) is 16.4 Å². The summed E-state index contributed by atoms with van der Waals surface area (Å²) in [5.41, 5.74) is 8.60. The van der Waals surface area contributed by atoms with Gasteiger partial charge in [0.15, 0.2) is 11.5 Å². The third-order valence-corrected chi connectivity index (χ3v) is 7.04. The van der Waals surface area contributed by atoms with Gasteiger partial charge in [-0.3, -0.25) is 19.9 Å². The van der Waals surface area contributed by atoms with Gasteiger partial charge in [0, 0.05) is 28.9 Å². The molecule has 0 aliphatic carbocycles. The summed E-state index contributed by atoms with van der Waals surface area (Å²) < 4.78 is 0. The summed E-state index contributed by atoms with van der Waals surface area (Å²) in [6.45, 7) is 0. The lowest BCUT2D eigenvalue weighted by Crippen LogP contribution is -2.14. The summed E-state index contributed by atoms with van der Waals surface area (Å²) in [5, 5.41) is 14.6. The predicted octanol–water partition coefficient (Wildman–Crippen LogP) is 5.87. The second-order valence-corrected chi connectivity index (χ2v) is 9.77. The number of carbonyl (C=O) groups excluding carboxylic acids is 1. The summed E-state index contributed by atoms with van der Waals surface area (Å²) in [4.78, 5) is 34.6. The summed E-state index contributed by atoms with van der Waals surface area (Å²) in [5.74, 6) is 0.493. The van der Waals surface area contributed by atoms with E-state index in [1.54, 1.807) is 29.9 Å². The van der Waals surface area contributed by atoms with E-state index in [0.29, 0.717) is 28.4 Å². The van der Waals surface area contributed by atoms with Crippen LogP contribution in [0.5, 0.6) is 0 Å². The van der Waals surface area contributed by atoms with Gasteiger partial charge in [-0.15, -0.1) is 0 Å². The van der Waals surface area contributed by atoms with Crippen LogP contribution in [0.15, 0.2) is 90.0 Å². The van der Waals surface area contributed by atoms with Crippen molar-refractivity contribution < 1.29 is 4.79 Å². The fourth-order valence-electron chi connectivity index (χ4n) is 4.52. The number of benzene rings is 1. The van der Waals surface area contributed by atoms with Gasteiger partial charge in [0.25, 0.3) is 0 Å². The average Bonchev–Trinajstić information content (AvgIpc) is 3.73. The molecule has 10 heteroatoms. The molecule has 7 aromatic rings. The molecule has 0 atom stereocenters. The highest BCUT2D eigenvalue weighted by atomic mass is 32.1. The fraction of sp³-hybridized carbons (Fsp3) is 0.0345. The third kappa shape index (κ3) is 4.42. The first-order chi connectivity index (χ1) is 19.2. The smallest absolute Gasteiger partial charge is 0.228 e. The Labute approximate surface area is 226 Å². The van der Waals surface area contributed by atoms with Crippen molar-refractivity contribution in [2.24, 2.45) is 0 Å². The molecule has 3 N–H and O–H groups in total. The molecule has 6 heterocycles. The Kier molecular flexibility index (Phi) is 5.64. The van der Waals surface area contributed by atoms with Crippen molar-refractivity contribution in [1.29, 1.82) is 0 Å². The number of rotatable bonds is 6. The molecule has 0 fully saturated rings. The first-order valence-electron chi connectivity index (χ1n) is 12.2. The van der Waals surface area contributed by atoms with Crippen molar-refractivity contribution in [2.45, 2.75) is 6.42 Å². The van der Waals surface area contributed by atoms with Crippen molar-refractivity contribution in [2.75, 3.05) is 5.32 Å². The largest absolute Gasteiger partial charge is 0.336 e. The van der Waals surface area contributed by atoms with Crippen molar-refractivity contribution in [3.05, 3.63) is 95.6 Å². The zero-order valence-electron chi connectivity index (χ0n) is 20.4. The minimum absolute atomic E-state index is 0.109. The van der Waals surface area contributed by atoms with Crippen LogP contribution >= 0.6 is 11.3 Å². The Balaban J connectivity index is 1.21. The fourth-order valence-corrected chi connectivity index (χ4v) is 5.16. The molecule has 0 unspecified atom stereocenters. The molecule has 1 amide bonds. The number of nitrogens with one attached hydrogen (secondary N) is 3. The number of aromatic nitrogens is 7. The Morgan fingerprint density at radius 2 is 1.79 bits per heavy atom. The minimum Gasteiger partial charge on any atom is -0.336 e. The van der Waals surface area contributed by atoms with Gasteiger partial charge in [-0.25, -0.2) is 9.97 Å². The monoisotopic (exact) mass is 528 g/mol. The van der Waals surface area contributed by atoms with E-state index in [0.717, 1.165) is 38.9 Å². The van der Waals surface area contributed by atoms with Crippen molar-refractivity contribution >= 4 is 45.0 Å². The zero-order valence-corrected chi connectivity index (χ0v) is 21.2. The number of imidazole rings is 1. The molecular weight excluding hydrogens is 508 g/mol. The van der Waals surface area contributed by atoms with Gasteiger partial charge < -0.3 is 10.3 Å². The third-order valence-electron chi connectivity index (χ3n) is 6.35. The molecule has 188 valence electrons.